The van der Waals surface area contributed by atoms with Crippen LogP contribution in [0, 0.1) is 0 Å². The molecule has 1 amide bonds. The Balaban J connectivity index is 0.00000288. The lowest BCUT2D eigenvalue weighted by molar-refractivity contribution is 0.0908. The maximum Gasteiger partial charge on any atom is 0.410 e. The highest BCUT2D eigenvalue weighted by atomic mass is 35.5. The SMILES string of the molecule is CCCC[C@H](N)COC(=O)N(Cc1ccsc1)Cc1ccsc1.Cl. The first-order valence-electron chi connectivity index (χ1n) is 7.88. The zero-order valence-electron chi connectivity index (χ0n) is 13.8. The van der Waals surface area contributed by atoms with Gasteiger partial charge in [-0.2, -0.15) is 22.7 Å². The van der Waals surface area contributed by atoms with E-state index in [-0.39, 0.29) is 31.1 Å². The Hall–Kier alpha value is -1.08. The number of rotatable bonds is 9. The third kappa shape index (κ3) is 7.21. The number of carbonyl (C=O) groups is 1. The molecule has 24 heavy (non-hydrogen) atoms. The molecule has 1 atom stereocenters. The average Bonchev–Trinajstić information content (AvgIpc) is 3.23. The average molecular weight is 389 g/mol. The number of thiophene rings is 2. The molecule has 0 fully saturated rings. The molecule has 0 aromatic carbocycles. The van der Waals surface area contributed by atoms with E-state index in [4.69, 9.17) is 10.5 Å². The summed E-state index contributed by atoms with van der Waals surface area (Å²) in [5.41, 5.74) is 8.23. The van der Waals surface area contributed by atoms with Crippen LogP contribution in [0.4, 0.5) is 4.79 Å². The lowest BCUT2D eigenvalue weighted by Gasteiger charge is -2.22. The minimum atomic E-state index is -0.297. The van der Waals surface area contributed by atoms with Crippen molar-refractivity contribution >= 4 is 41.2 Å². The summed E-state index contributed by atoms with van der Waals surface area (Å²) in [7, 11) is 0. The minimum absolute atomic E-state index is 0. The maximum absolute atomic E-state index is 12.4. The van der Waals surface area contributed by atoms with Crippen molar-refractivity contribution in [2.75, 3.05) is 6.61 Å². The lowest BCUT2D eigenvalue weighted by atomic mass is 10.1. The Bertz CT molecular complexity index is 525. The molecule has 0 aliphatic carbocycles. The van der Waals surface area contributed by atoms with Gasteiger partial charge in [-0.1, -0.05) is 19.8 Å². The van der Waals surface area contributed by atoms with E-state index in [2.05, 4.69) is 17.7 Å². The Morgan fingerprint density at radius 1 is 1.21 bits per heavy atom. The highest BCUT2D eigenvalue weighted by molar-refractivity contribution is 7.08. The van der Waals surface area contributed by atoms with Crippen molar-refractivity contribution in [3.63, 3.8) is 0 Å². The quantitative estimate of drug-likeness (QED) is 0.665. The molecule has 2 rings (SSSR count). The number of halogens is 1. The molecule has 134 valence electrons. The van der Waals surface area contributed by atoms with Gasteiger partial charge in [0.2, 0.25) is 0 Å². The van der Waals surface area contributed by atoms with Gasteiger partial charge in [-0.15, -0.1) is 12.4 Å². The van der Waals surface area contributed by atoms with Gasteiger partial charge in [0.05, 0.1) is 13.1 Å². The maximum atomic E-state index is 12.4. The molecule has 0 saturated heterocycles. The van der Waals surface area contributed by atoms with Crippen molar-refractivity contribution in [3.05, 3.63) is 44.8 Å². The number of nitrogens with two attached hydrogens (primary N) is 1. The fourth-order valence-corrected chi connectivity index (χ4v) is 3.53. The summed E-state index contributed by atoms with van der Waals surface area (Å²) in [4.78, 5) is 14.2. The van der Waals surface area contributed by atoms with Crippen LogP contribution in [-0.2, 0) is 17.8 Å². The molecule has 2 heterocycles. The van der Waals surface area contributed by atoms with Crippen LogP contribution in [-0.4, -0.2) is 23.6 Å². The summed E-state index contributed by atoms with van der Waals surface area (Å²) in [5, 5.41) is 8.15. The number of carbonyl (C=O) groups excluding carboxylic acids is 1. The van der Waals surface area contributed by atoms with Crippen LogP contribution in [0.5, 0.6) is 0 Å². The second kappa shape index (κ2) is 11.5. The number of hydrogen-bond acceptors (Lipinski definition) is 5. The summed E-state index contributed by atoms with van der Waals surface area (Å²) in [6, 6.07) is 3.99. The number of amides is 1. The van der Waals surface area contributed by atoms with Gasteiger partial charge < -0.3 is 10.5 Å². The van der Waals surface area contributed by atoms with E-state index in [9.17, 15) is 4.79 Å². The third-order valence-electron chi connectivity index (χ3n) is 3.51. The highest BCUT2D eigenvalue weighted by Crippen LogP contribution is 2.15. The van der Waals surface area contributed by atoms with Crippen LogP contribution in [0.25, 0.3) is 0 Å². The molecule has 0 aliphatic heterocycles. The predicted molar refractivity (Wildman–Crippen MR) is 104 cm³/mol. The van der Waals surface area contributed by atoms with Crippen LogP contribution >= 0.6 is 35.1 Å². The summed E-state index contributed by atoms with van der Waals surface area (Å²) in [5.74, 6) is 0. The van der Waals surface area contributed by atoms with Crippen LogP contribution < -0.4 is 5.73 Å². The van der Waals surface area contributed by atoms with E-state index < -0.39 is 0 Å². The smallest absolute Gasteiger partial charge is 0.410 e. The van der Waals surface area contributed by atoms with Crippen LogP contribution in [0.15, 0.2) is 33.7 Å². The highest BCUT2D eigenvalue weighted by Gasteiger charge is 2.17. The van der Waals surface area contributed by atoms with E-state index in [0.717, 1.165) is 30.4 Å². The second-order valence-corrected chi connectivity index (χ2v) is 7.16. The Morgan fingerprint density at radius 3 is 2.25 bits per heavy atom. The first-order valence-corrected chi connectivity index (χ1v) is 9.77. The predicted octanol–water partition coefficient (Wildman–Crippen LogP) is 4.89. The topological polar surface area (TPSA) is 55.6 Å². The van der Waals surface area contributed by atoms with E-state index in [1.165, 1.54) is 0 Å². The zero-order chi connectivity index (χ0) is 16.5. The summed E-state index contributed by atoms with van der Waals surface area (Å²) < 4.78 is 5.43. The molecule has 7 heteroatoms. The van der Waals surface area contributed by atoms with E-state index in [0.29, 0.717) is 13.1 Å². The van der Waals surface area contributed by atoms with Gasteiger partial charge >= 0.3 is 6.09 Å². The molecular formula is C17H25ClN2O2S2. The van der Waals surface area contributed by atoms with E-state index >= 15 is 0 Å². The Kier molecular flexibility index (Phi) is 10.0. The van der Waals surface area contributed by atoms with Gasteiger partial charge in [0.25, 0.3) is 0 Å². The van der Waals surface area contributed by atoms with Gasteiger partial charge in [0.1, 0.15) is 6.61 Å². The van der Waals surface area contributed by atoms with Gasteiger partial charge in [-0.05, 0) is 51.2 Å². The first kappa shape index (κ1) is 21.0. The molecule has 2 N–H and O–H groups in total. The third-order valence-corrected chi connectivity index (χ3v) is 4.98. The molecule has 2 aromatic rings. The standard InChI is InChI=1S/C17H24N2O2S2.ClH/c1-2-3-4-16(18)11-21-17(20)19(9-14-5-7-22-12-14)10-15-6-8-23-13-15;/h5-8,12-13,16H,2-4,9-11,18H2,1H3;1H/t16-;/m0./s1. The van der Waals surface area contributed by atoms with Gasteiger partial charge in [-0.25, -0.2) is 4.79 Å². The molecule has 0 unspecified atom stereocenters. The second-order valence-electron chi connectivity index (χ2n) is 5.60. The van der Waals surface area contributed by atoms with Gasteiger partial charge in [-0.3, -0.25) is 4.90 Å². The lowest BCUT2D eigenvalue weighted by Crippen LogP contribution is -2.34. The number of nitrogens with zero attached hydrogens (tertiary/aromatic N) is 1. The molecule has 4 nitrogen and oxygen atoms in total. The van der Waals surface area contributed by atoms with E-state index in [1.54, 1.807) is 27.6 Å². The van der Waals surface area contributed by atoms with Crippen molar-refractivity contribution in [1.82, 2.24) is 4.90 Å². The zero-order valence-corrected chi connectivity index (χ0v) is 16.3. The van der Waals surface area contributed by atoms with Crippen molar-refractivity contribution in [1.29, 1.82) is 0 Å². The molecular weight excluding hydrogens is 364 g/mol. The molecule has 0 saturated carbocycles. The summed E-state index contributed by atoms with van der Waals surface area (Å²) >= 11 is 3.26. The molecule has 2 aromatic heterocycles. The fourth-order valence-electron chi connectivity index (χ4n) is 2.21. The summed E-state index contributed by atoms with van der Waals surface area (Å²) in [6.07, 6.45) is 2.75. The van der Waals surface area contributed by atoms with Crippen LogP contribution in [0.3, 0.4) is 0 Å². The van der Waals surface area contributed by atoms with Crippen molar-refractivity contribution in [2.24, 2.45) is 5.73 Å². The normalized spacial score (nSPS) is 11.6. The molecule has 0 radical (unpaired) electrons. The summed E-state index contributed by atoms with van der Waals surface area (Å²) in [6.45, 7) is 3.52. The van der Waals surface area contributed by atoms with Crippen LogP contribution in [0.2, 0.25) is 0 Å². The van der Waals surface area contributed by atoms with Gasteiger partial charge in [0.15, 0.2) is 0 Å². The Morgan fingerprint density at radius 2 is 1.79 bits per heavy atom. The number of hydrogen-bond donors (Lipinski definition) is 1. The minimum Gasteiger partial charge on any atom is -0.448 e. The van der Waals surface area contributed by atoms with Crippen molar-refractivity contribution < 1.29 is 9.53 Å². The van der Waals surface area contributed by atoms with E-state index in [1.807, 2.05) is 22.9 Å². The molecule has 0 spiro atoms. The number of unbranched alkanes of at least 4 members (excludes halogenated alkanes) is 1. The molecule has 0 aliphatic rings. The largest absolute Gasteiger partial charge is 0.448 e. The van der Waals surface area contributed by atoms with Crippen molar-refractivity contribution in [2.45, 2.75) is 45.3 Å². The first-order chi connectivity index (χ1) is 11.2. The number of ether oxygens (including phenoxy) is 1. The molecule has 0 bridgehead atoms. The Labute approximate surface area is 158 Å². The van der Waals surface area contributed by atoms with Crippen LogP contribution in [0.1, 0.15) is 37.3 Å². The van der Waals surface area contributed by atoms with Gasteiger partial charge in [0, 0.05) is 6.04 Å². The fraction of sp³-hybridized carbons (Fsp3) is 0.471. The monoisotopic (exact) mass is 388 g/mol. The van der Waals surface area contributed by atoms with Crippen molar-refractivity contribution in [3.8, 4) is 0 Å².